The number of nitrogens with zero attached hydrogens (tertiary/aromatic N) is 1. The molecule has 1 aliphatic carbocycles. The molecule has 0 radical (unpaired) electrons. The van der Waals surface area contributed by atoms with Crippen molar-refractivity contribution in [1.82, 2.24) is 4.90 Å². The van der Waals surface area contributed by atoms with Crippen molar-refractivity contribution in [2.45, 2.75) is 17.9 Å². The number of carbonyl (C=O) groups excluding carboxylic acids is 1. The van der Waals surface area contributed by atoms with Crippen molar-refractivity contribution in [2.24, 2.45) is 11.8 Å². The normalized spacial score (nSPS) is 26.6. The Morgan fingerprint density at radius 3 is 2.90 bits per heavy atom. The Labute approximate surface area is 174 Å². The molecule has 0 saturated heterocycles. The minimum atomic E-state index is -1.19. The van der Waals surface area contributed by atoms with Gasteiger partial charge in [0.2, 0.25) is 5.91 Å². The van der Waals surface area contributed by atoms with Gasteiger partial charge in [-0.3, -0.25) is 4.79 Å². The van der Waals surface area contributed by atoms with Crippen LogP contribution in [0, 0.1) is 11.8 Å². The van der Waals surface area contributed by atoms with E-state index in [0.29, 0.717) is 29.6 Å². The van der Waals surface area contributed by atoms with Gasteiger partial charge in [-0.2, -0.15) is 0 Å². The van der Waals surface area contributed by atoms with Crippen molar-refractivity contribution in [2.75, 3.05) is 33.6 Å². The van der Waals surface area contributed by atoms with E-state index in [4.69, 9.17) is 14.2 Å². The van der Waals surface area contributed by atoms with Crippen LogP contribution in [0.25, 0.3) is 5.57 Å². The molecule has 7 heteroatoms. The van der Waals surface area contributed by atoms with Crippen LogP contribution in [0.4, 0.5) is 0 Å². The van der Waals surface area contributed by atoms with Gasteiger partial charge in [-0.25, -0.2) is 0 Å². The molecule has 0 N–H and O–H groups in total. The smallest absolute Gasteiger partial charge is 0.234 e. The molecule has 1 aromatic carbocycles. The Morgan fingerprint density at radius 2 is 2.17 bits per heavy atom. The Balaban J connectivity index is 1.88. The van der Waals surface area contributed by atoms with Crippen LogP contribution in [-0.2, 0) is 20.7 Å². The first kappa shape index (κ1) is 20.1. The van der Waals surface area contributed by atoms with Gasteiger partial charge >= 0.3 is 0 Å². The molecule has 29 heavy (non-hydrogen) atoms. The van der Waals surface area contributed by atoms with Crippen LogP contribution in [0.2, 0.25) is 0 Å². The second-order valence-electron chi connectivity index (χ2n) is 7.59. The molecular weight excluding hydrogens is 390 g/mol. The molecule has 0 bridgehead atoms. The zero-order chi connectivity index (χ0) is 20.7. The molecule has 2 heterocycles. The number of benzene rings is 1. The number of allylic oxidation sites excluding steroid dienone is 4. The fraction of sp³-hybridized carbons (Fsp3) is 0.409. The zero-order valence-corrected chi connectivity index (χ0v) is 17.8. The average Bonchev–Trinajstić information content (AvgIpc) is 2.70. The van der Waals surface area contributed by atoms with Crippen molar-refractivity contribution in [3.8, 4) is 11.5 Å². The average molecular weight is 416 g/mol. The molecule has 1 aromatic rings. The van der Waals surface area contributed by atoms with Gasteiger partial charge < -0.3 is 23.7 Å². The van der Waals surface area contributed by atoms with Crippen LogP contribution in [0.5, 0.6) is 11.5 Å². The second kappa shape index (κ2) is 7.89. The van der Waals surface area contributed by atoms with Crippen molar-refractivity contribution >= 4 is 22.7 Å². The summed E-state index contributed by atoms with van der Waals surface area (Å²) in [6.45, 7) is 2.82. The Hall–Kier alpha value is -2.22. The van der Waals surface area contributed by atoms with Gasteiger partial charge in [0.1, 0.15) is 12.9 Å². The predicted octanol–water partition coefficient (Wildman–Crippen LogP) is 2.77. The van der Waals surface area contributed by atoms with E-state index in [0.717, 1.165) is 16.7 Å². The van der Waals surface area contributed by atoms with Gasteiger partial charge in [-0.05, 0) is 22.7 Å². The molecule has 2 aliphatic heterocycles. The maximum Gasteiger partial charge on any atom is 0.234 e. The van der Waals surface area contributed by atoms with Gasteiger partial charge in [-0.1, -0.05) is 25.2 Å². The van der Waals surface area contributed by atoms with Crippen LogP contribution in [0.3, 0.4) is 0 Å². The topological polar surface area (TPSA) is 71.1 Å². The third kappa shape index (κ3) is 3.58. The van der Waals surface area contributed by atoms with E-state index in [-0.39, 0.29) is 23.8 Å². The minimum absolute atomic E-state index is 0.0652. The lowest BCUT2D eigenvalue weighted by Crippen LogP contribution is -2.38. The largest absolute Gasteiger partial charge is 0.612 e. The van der Waals surface area contributed by atoms with Crippen molar-refractivity contribution in [3.63, 3.8) is 0 Å². The van der Waals surface area contributed by atoms with Crippen molar-refractivity contribution in [3.05, 3.63) is 47.7 Å². The van der Waals surface area contributed by atoms with Gasteiger partial charge in [0.25, 0.3) is 0 Å². The molecule has 154 valence electrons. The van der Waals surface area contributed by atoms with Crippen LogP contribution in [0.1, 0.15) is 12.5 Å². The molecule has 4 rings (SSSR count). The monoisotopic (exact) mass is 415 g/mol. The zero-order valence-electron chi connectivity index (χ0n) is 17.0. The summed E-state index contributed by atoms with van der Waals surface area (Å²) in [4.78, 5) is 15.1. The third-order valence-corrected chi connectivity index (χ3v) is 6.41. The van der Waals surface area contributed by atoms with Gasteiger partial charge in [0.15, 0.2) is 22.5 Å². The highest BCUT2D eigenvalue weighted by atomic mass is 32.2. The highest BCUT2D eigenvalue weighted by Gasteiger charge is 2.38. The number of hydrogen-bond donors (Lipinski definition) is 0. The van der Waals surface area contributed by atoms with E-state index in [2.05, 4.69) is 0 Å². The van der Waals surface area contributed by atoms with Crippen molar-refractivity contribution < 1.29 is 23.6 Å². The molecule has 0 saturated carbocycles. The maximum atomic E-state index is 12.8. The summed E-state index contributed by atoms with van der Waals surface area (Å²) in [5.74, 6) is 1.07. The number of carbonyl (C=O) groups is 1. The first-order valence-electron chi connectivity index (χ1n) is 9.58. The summed E-state index contributed by atoms with van der Waals surface area (Å²) in [6, 6.07) is 3.65. The first-order chi connectivity index (χ1) is 13.9. The van der Waals surface area contributed by atoms with Gasteiger partial charge in [0.05, 0.1) is 12.5 Å². The molecule has 0 spiro atoms. The van der Waals surface area contributed by atoms with Gasteiger partial charge in [0, 0.05) is 43.6 Å². The quantitative estimate of drug-likeness (QED) is 0.707. The summed E-state index contributed by atoms with van der Waals surface area (Å²) in [7, 11) is 3.39. The molecule has 3 aliphatic rings. The molecule has 1 amide bonds. The summed E-state index contributed by atoms with van der Waals surface area (Å²) in [5.41, 5.74) is 2.62. The summed E-state index contributed by atoms with van der Waals surface area (Å²) in [5, 5.41) is 0. The number of hydrogen-bond acceptors (Lipinski definition) is 5. The number of ether oxygens (including phenoxy) is 3. The van der Waals surface area contributed by atoms with E-state index in [1.165, 1.54) is 0 Å². The lowest BCUT2D eigenvalue weighted by atomic mass is 9.75. The van der Waals surface area contributed by atoms with E-state index < -0.39 is 11.2 Å². The molecule has 6 nitrogen and oxygen atoms in total. The maximum absolute atomic E-state index is 12.8. The lowest BCUT2D eigenvalue weighted by Gasteiger charge is -2.36. The van der Waals surface area contributed by atoms with Crippen molar-refractivity contribution in [1.29, 1.82) is 0 Å². The highest BCUT2D eigenvalue weighted by Crippen LogP contribution is 2.47. The van der Waals surface area contributed by atoms with E-state index >= 15 is 0 Å². The van der Waals surface area contributed by atoms with E-state index in [9.17, 15) is 9.35 Å². The number of fused-ring (bicyclic) bond motifs is 2. The molecular formula is C22H25NO5S. The fourth-order valence-electron chi connectivity index (χ4n) is 4.05. The lowest BCUT2D eigenvalue weighted by molar-refractivity contribution is -0.131. The second-order valence-corrected chi connectivity index (χ2v) is 8.97. The van der Waals surface area contributed by atoms with Crippen LogP contribution in [-0.4, -0.2) is 55.1 Å². The predicted molar refractivity (Wildman–Crippen MR) is 111 cm³/mol. The molecule has 4 atom stereocenters. The molecule has 0 fully saturated rings. The van der Waals surface area contributed by atoms with Crippen LogP contribution < -0.4 is 9.47 Å². The molecule has 0 aromatic heterocycles. The minimum Gasteiger partial charge on any atom is -0.612 e. The van der Waals surface area contributed by atoms with Crippen LogP contribution in [0.15, 0.2) is 47.0 Å². The highest BCUT2D eigenvalue weighted by molar-refractivity contribution is 7.90. The SMILES string of the molecule is COCC1COc2cc([S+](C)[O-])cc(C3=CN(C)C(=O)C4C3=CC=CC4C)c2O1. The van der Waals surface area contributed by atoms with E-state index in [1.807, 2.05) is 37.4 Å². The Morgan fingerprint density at radius 1 is 1.38 bits per heavy atom. The summed E-state index contributed by atoms with van der Waals surface area (Å²) in [6.07, 6.45) is 9.26. The van der Waals surface area contributed by atoms with Gasteiger partial charge in [-0.15, -0.1) is 0 Å². The summed E-state index contributed by atoms with van der Waals surface area (Å²) >= 11 is -1.19. The van der Waals surface area contributed by atoms with E-state index in [1.54, 1.807) is 31.4 Å². The number of methoxy groups -OCH3 is 1. The summed E-state index contributed by atoms with van der Waals surface area (Å²) < 4.78 is 29.7. The number of rotatable bonds is 4. The molecule has 4 unspecified atom stereocenters. The Kier molecular flexibility index (Phi) is 5.46. The number of amides is 1. The Bertz CT molecular complexity index is 920. The fourth-order valence-corrected chi connectivity index (χ4v) is 4.60. The first-order valence-corrected chi connectivity index (χ1v) is 11.1. The third-order valence-electron chi connectivity index (χ3n) is 5.51. The standard InChI is InChI=1S/C22H25NO5S/c1-13-6-5-7-16-18(10-23(2)22(24)20(13)16)17-8-15(29(4)25)9-19-21(17)28-14(11-26-3)12-27-19/h5-10,13-14,20H,11-12H2,1-4H3. The van der Waals surface area contributed by atoms with Crippen LogP contribution >= 0.6 is 0 Å².